The Hall–Kier alpha value is -0.420. The smallest absolute Gasteiger partial charge is 0.255 e. The molecule has 0 saturated carbocycles. The maximum absolute atomic E-state index is 12.0. The number of amides is 1. The van der Waals surface area contributed by atoms with Crippen LogP contribution in [0.5, 0.6) is 0 Å². The van der Waals surface area contributed by atoms with Gasteiger partial charge in [-0.1, -0.05) is 6.42 Å². The number of nitrogens with zero attached hydrogens (tertiary/aromatic N) is 1. The summed E-state index contributed by atoms with van der Waals surface area (Å²) in [6.45, 7) is 0.329. The second-order valence-electron chi connectivity index (χ2n) is 3.61. The molecule has 1 N–H and O–H groups in total. The van der Waals surface area contributed by atoms with Gasteiger partial charge < -0.3 is 10.2 Å². The van der Waals surface area contributed by atoms with Gasteiger partial charge in [0, 0.05) is 7.05 Å². The molecule has 0 spiro atoms. The van der Waals surface area contributed by atoms with Crippen molar-refractivity contribution in [3.8, 4) is 0 Å². The van der Waals surface area contributed by atoms with Crippen molar-refractivity contribution in [2.45, 2.75) is 31.7 Å². The molecule has 90 valence electrons. The number of carbonyl (C=O) groups is 1. The monoisotopic (exact) mass is 242 g/mol. The molecule has 1 aliphatic heterocycles. The maximum atomic E-state index is 12.0. The highest BCUT2D eigenvalue weighted by Gasteiger charge is 2.24. The van der Waals surface area contributed by atoms with Crippen LogP contribution >= 0.6 is 12.4 Å². The molecule has 15 heavy (non-hydrogen) atoms. The fraction of sp³-hybridized carbons (Fsp3) is 0.889. The Kier molecular flexibility index (Phi) is 6.76. The van der Waals surface area contributed by atoms with Crippen LogP contribution in [0.2, 0.25) is 0 Å². The van der Waals surface area contributed by atoms with Crippen LogP contribution in [0.25, 0.3) is 0 Å². The number of rotatable bonds is 3. The molecule has 1 heterocycles. The molecular formula is C9H17ClF2N2O. The summed E-state index contributed by atoms with van der Waals surface area (Å²) in [6.07, 6.45) is 0.355. The van der Waals surface area contributed by atoms with Gasteiger partial charge in [-0.25, -0.2) is 8.78 Å². The fourth-order valence-electron chi connectivity index (χ4n) is 1.63. The summed E-state index contributed by atoms with van der Waals surface area (Å²) in [7, 11) is 1.42. The summed E-state index contributed by atoms with van der Waals surface area (Å²) in [5.41, 5.74) is 0. The minimum absolute atomic E-state index is 0. The van der Waals surface area contributed by atoms with Crippen LogP contribution in [0.4, 0.5) is 8.78 Å². The highest BCUT2D eigenvalue weighted by Crippen LogP contribution is 2.09. The summed E-state index contributed by atoms with van der Waals surface area (Å²) in [5, 5.41) is 3.04. The number of carbonyl (C=O) groups excluding carboxylic acids is 1. The van der Waals surface area contributed by atoms with E-state index in [0.717, 1.165) is 30.7 Å². The van der Waals surface area contributed by atoms with E-state index in [1.54, 1.807) is 0 Å². The summed E-state index contributed by atoms with van der Waals surface area (Å²) < 4.78 is 24.0. The molecule has 6 heteroatoms. The Bertz CT molecular complexity index is 199. The molecule has 0 unspecified atom stereocenters. The first-order valence-corrected chi connectivity index (χ1v) is 4.88. The first-order chi connectivity index (χ1) is 6.61. The van der Waals surface area contributed by atoms with Gasteiger partial charge in [0.1, 0.15) is 0 Å². The van der Waals surface area contributed by atoms with Gasteiger partial charge in [-0.2, -0.15) is 0 Å². The molecule has 0 bridgehead atoms. The number of likely N-dealkylation sites (N-methyl/N-ethyl adjacent to an activating group) is 1. The number of piperidine rings is 1. The molecule has 1 rings (SSSR count). The van der Waals surface area contributed by atoms with Crippen molar-refractivity contribution in [1.82, 2.24) is 10.2 Å². The Morgan fingerprint density at radius 3 is 2.67 bits per heavy atom. The first kappa shape index (κ1) is 14.6. The van der Waals surface area contributed by atoms with Gasteiger partial charge in [0.15, 0.2) is 0 Å². The lowest BCUT2D eigenvalue weighted by Crippen LogP contribution is -2.48. The van der Waals surface area contributed by atoms with Crippen molar-refractivity contribution in [1.29, 1.82) is 0 Å². The van der Waals surface area contributed by atoms with E-state index in [-0.39, 0.29) is 24.4 Å². The lowest BCUT2D eigenvalue weighted by atomic mass is 10.0. The maximum Gasteiger partial charge on any atom is 0.255 e. The second kappa shape index (κ2) is 6.95. The first-order valence-electron chi connectivity index (χ1n) is 4.88. The molecule has 0 aromatic heterocycles. The van der Waals surface area contributed by atoms with Crippen molar-refractivity contribution < 1.29 is 13.6 Å². The lowest BCUT2D eigenvalue weighted by molar-refractivity contribution is -0.134. The third kappa shape index (κ3) is 4.75. The van der Waals surface area contributed by atoms with E-state index in [2.05, 4.69) is 5.32 Å². The number of alkyl halides is 2. The molecule has 1 saturated heterocycles. The minimum Gasteiger partial charge on any atom is -0.339 e. The van der Waals surface area contributed by atoms with Crippen LogP contribution < -0.4 is 5.32 Å². The van der Waals surface area contributed by atoms with Gasteiger partial charge in [0.05, 0.1) is 12.6 Å². The highest BCUT2D eigenvalue weighted by molar-refractivity contribution is 5.85. The largest absolute Gasteiger partial charge is 0.339 e. The van der Waals surface area contributed by atoms with Gasteiger partial charge in [-0.15, -0.1) is 12.4 Å². The van der Waals surface area contributed by atoms with E-state index in [1.807, 2.05) is 0 Å². The van der Waals surface area contributed by atoms with Gasteiger partial charge in [0.2, 0.25) is 5.91 Å². The van der Waals surface area contributed by atoms with Crippen LogP contribution in [-0.4, -0.2) is 43.4 Å². The average Bonchev–Trinajstić information content (AvgIpc) is 2.17. The van der Waals surface area contributed by atoms with Crippen molar-refractivity contribution in [3.05, 3.63) is 0 Å². The summed E-state index contributed by atoms with van der Waals surface area (Å²) in [4.78, 5) is 12.7. The Morgan fingerprint density at radius 1 is 1.53 bits per heavy atom. The second-order valence-corrected chi connectivity index (χ2v) is 3.61. The normalized spacial score (nSPS) is 20.9. The number of halogens is 3. The number of nitrogens with one attached hydrogen (secondary N) is 1. The molecule has 0 radical (unpaired) electrons. The van der Waals surface area contributed by atoms with Crippen LogP contribution in [0.3, 0.4) is 0 Å². The fourth-order valence-corrected chi connectivity index (χ4v) is 1.63. The summed E-state index contributed by atoms with van der Waals surface area (Å²) in [5.74, 6) is -0.218. The zero-order valence-corrected chi connectivity index (χ0v) is 9.53. The highest BCUT2D eigenvalue weighted by atomic mass is 35.5. The zero-order valence-electron chi connectivity index (χ0n) is 8.71. The molecule has 1 fully saturated rings. The van der Waals surface area contributed by atoms with E-state index < -0.39 is 13.0 Å². The molecule has 0 aliphatic carbocycles. The Labute approximate surface area is 94.6 Å². The molecule has 3 nitrogen and oxygen atoms in total. The van der Waals surface area contributed by atoms with Gasteiger partial charge >= 0.3 is 0 Å². The molecule has 0 aromatic carbocycles. The van der Waals surface area contributed by atoms with Crippen molar-refractivity contribution in [3.63, 3.8) is 0 Å². The topological polar surface area (TPSA) is 32.3 Å². The Morgan fingerprint density at radius 2 is 2.20 bits per heavy atom. The quantitative estimate of drug-likeness (QED) is 0.809. The molecular weight excluding hydrogens is 226 g/mol. The molecule has 1 aliphatic rings. The predicted molar refractivity (Wildman–Crippen MR) is 56.5 cm³/mol. The minimum atomic E-state index is -2.45. The third-order valence-electron chi connectivity index (χ3n) is 2.40. The third-order valence-corrected chi connectivity index (χ3v) is 2.40. The molecule has 1 atom stereocenters. The average molecular weight is 243 g/mol. The van der Waals surface area contributed by atoms with Crippen LogP contribution in [0.15, 0.2) is 0 Å². The van der Waals surface area contributed by atoms with Crippen LogP contribution in [0.1, 0.15) is 19.3 Å². The number of hydrogen-bond acceptors (Lipinski definition) is 2. The summed E-state index contributed by atoms with van der Waals surface area (Å²) >= 11 is 0. The van der Waals surface area contributed by atoms with E-state index in [0.29, 0.717) is 0 Å². The van der Waals surface area contributed by atoms with Crippen LogP contribution in [0, 0.1) is 0 Å². The zero-order chi connectivity index (χ0) is 10.6. The number of hydrogen-bond donors (Lipinski definition) is 1. The molecule has 1 amide bonds. The van der Waals surface area contributed by atoms with Crippen molar-refractivity contribution >= 4 is 18.3 Å². The summed E-state index contributed by atoms with van der Waals surface area (Å²) in [6, 6.07) is -0.257. The SMILES string of the molecule is CN(CC(F)F)C(=O)[C@@H]1CCCCN1.Cl. The standard InChI is InChI=1S/C9H16F2N2O.ClH/c1-13(6-8(10)11)9(14)7-4-2-3-5-12-7;/h7-8,12H,2-6H2,1H3;1H/t7-;/m0./s1. The predicted octanol–water partition coefficient (Wildman–Crippen LogP) is 1.27. The van der Waals surface area contributed by atoms with E-state index in [4.69, 9.17) is 0 Å². The Balaban J connectivity index is 0.00000196. The lowest BCUT2D eigenvalue weighted by Gasteiger charge is -2.27. The van der Waals surface area contributed by atoms with Gasteiger partial charge in [-0.05, 0) is 19.4 Å². The van der Waals surface area contributed by atoms with Gasteiger partial charge in [0.25, 0.3) is 6.43 Å². The van der Waals surface area contributed by atoms with Crippen molar-refractivity contribution in [2.75, 3.05) is 20.1 Å². The van der Waals surface area contributed by atoms with E-state index >= 15 is 0 Å². The van der Waals surface area contributed by atoms with Gasteiger partial charge in [-0.3, -0.25) is 4.79 Å². The van der Waals surface area contributed by atoms with Crippen molar-refractivity contribution in [2.24, 2.45) is 0 Å². The van der Waals surface area contributed by atoms with E-state index in [9.17, 15) is 13.6 Å². The van der Waals surface area contributed by atoms with E-state index in [1.165, 1.54) is 7.05 Å². The molecule has 0 aromatic rings. The van der Waals surface area contributed by atoms with Crippen LogP contribution in [-0.2, 0) is 4.79 Å².